The van der Waals surface area contributed by atoms with Gasteiger partial charge >= 0.3 is 0 Å². The minimum atomic E-state index is 0.206. The van der Waals surface area contributed by atoms with E-state index in [0.29, 0.717) is 18.1 Å². The Morgan fingerprint density at radius 3 is 2.67 bits per heavy atom. The Morgan fingerprint density at radius 2 is 2.00 bits per heavy atom. The van der Waals surface area contributed by atoms with Crippen molar-refractivity contribution in [3.8, 4) is 0 Å². The summed E-state index contributed by atoms with van der Waals surface area (Å²) in [6.07, 6.45) is 5.11. The summed E-state index contributed by atoms with van der Waals surface area (Å²) < 4.78 is 0. The standard InChI is InChI=1S/C12H17NO2/c1-13(2)12-10-7-9(14)5-3-8(10)4-6-11(12)15/h7-8,14H,3-6H2,1-2H3. The van der Waals surface area contributed by atoms with E-state index in [1.807, 2.05) is 19.0 Å². The molecule has 1 atom stereocenters. The van der Waals surface area contributed by atoms with Crippen LogP contribution in [0.1, 0.15) is 25.7 Å². The van der Waals surface area contributed by atoms with Gasteiger partial charge in [-0.2, -0.15) is 0 Å². The number of aliphatic hydroxyl groups excluding tert-OH is 1. The maximum absolute atomic E-state index is 11.8. The van der Waals surface area contributed by atoms with Crippen LogP contribution in [0, 0.1) is 5.92 Å². The van der Waals surface area contributed by atoms with Crippen LogP contribution < -0.4 is 0 Å². The van der Waals surface area contributed by atoms with Crippen molar-refractivity contribution in [3.05, 3.63) is 23.1 Å². The van der Waals surface area contributed by atoms with Gasteiger partial charge < -0.3 is 10.0 Å². The van der Waals surface area contributed by atoms with Gasteiger partial charge in [0.25, 0.3) is 0 Å². The van der Waals surface area contributed by atoms with Crippen molar-refractivity contribution in [2.75, 3.05) is 14.1 Å². The quantitative estimate of drug-likeness (QED) is 0.715. The Hall–Kier alpha value is -1.25. The van der Waals surface area contributed by atoms with Crippen molar-refractivity contribution in [2.24, 2.45) is 5.92 Å². The summed E-state index contributed by atoms with van der Waals surface area (Å²) in [6, 6.07) is 0. The van der Waals surface area contributed by atoms with Crippen molar-refractivity contribution in [3.63, 3.8) is 0 Å². The molecule has 0 fully saturated rings. The lowest BCUT2D eigenvalue weighted by molar-refractivity contribution is -0.117. The van der Waals surface area contributed by atoms with Crippen LogP contribution in [-0.4, -0.2) is 29.9 Å². The van der Waals surface area contributed by atoms with Crippen LogP contribution in [0.4, 0.5) is 0 Å². The van der Waals surface area contributed by atoms with Crippen molar-refractivity contribution < 1.29 is 9.90 Å². The molecule has 0 spiro atoms. The number of Topliss-reactive ketones (excluding diaryl/α,β-unsaturated/α-hetero) is 1. The van der Waals surface area contributed by atoms with E-state index >= 15 is 0 Å². The van der Waals surface area contributed by atoms with Crippen LogP contribution in [0.3, 0.4) is 0 Å². The highest BCUT2D eigenvalue weighted by Gasteiger charge is 2.30. The Kier molecular flexibility index (Phi) is 2.55. The molecule has 0 bridgehead atoms. The van der Waals surface area contributed by atoms with Gasteiger partial charge in [0.15, 0.2) is 5.78 Å². The lowest BCUT2D eigenvalue weighted by atomic mass is 9.78. The van der Waals surface area contributed by atoms with E-state index in [2.05, 4.69) is 0 Å². The van der Waals surface area contributed by atoms with Crippen LogP contribution in [0.5, 0.6) is 0 Å². The number of fused-ring (bicyclic) bond motifs is 1. The fraction of sp³-hybridized carbons (Fsp3) is 0.583. The Balaban J connectivity index is 2.48. The van der Waals surface area contributed by atoms with E-state index in [9.17, 15) is 9.90 Å². The normalized spacial score (nSPS) is 26.1. The van der Waals surface area contributed by atoms with Gasteiger partial charge in [-0.3, -0.25) is 4.79 Å². The summed E-state index contributed by atoms with van der Waals surface area (Å²) in [4.78, 5) is 13.7. The lowest BCUT2D eigenvalue weighted by Gasteiger charge is -2.32. The van der Waals surface area contributed by atoms with Crippen LogP contribution in [0.25, 0.3) is 0 Å². The van der Waals surface area contributed by atoms with Crippen molar-refractivity contribution in [1.29, 1.82) is 0 Å². The molecule has 1 N–H and O–H groups in total. The molecule has 0 saturated carbocycles. The van der Waals surface area contributed by atoms with Crippen molar-refractivity contribution >= 4 is 5.78 Å². The summed E-state index contributed by atoms with van der Waals surface area (Å²) in [7, 11) is 3.78. The molecule has 0 aromatic rings. The number of nitrogens with zero attached hydrogens (tertiary/aromatic N) is 1. The summed E-state index contributed by atoms with van der Waals surface area (Å²) in [5.41, 5.74) is 1.83. The molecule has 0 saturated heterocycles. The number of carbonyl (C=O) groups is 1. The minimum absolute atomic E-state index is 0.206. The van der Waals surface area contributed by atoms with E-state index < -0.39 is 0 Å². The molecule has 15 heavy (non-hydrogen) atoms. The topological polar surface area (TPSA) is 40.5 Å². The zero-order valence-electron chi connectivity index (χ0n) is 9.29. The average Bonchev–Trinajstić information content (AvgIpc) is 2.16. The molecule has 2 aliphatic carbocycles. The second-order valence-corrected chi connectivity index (χ2v) is 4.53. The van der Waals surface area contributed by atoms with Gasteiger partial charge in [0.2, 0.25) is 0 Å². The first kappa shape index (κ1) is 10.3. The molecule has 0 radical (unpaired) electrons. The minimum Gasteiger partial charge on any atom is -0.512 e. The molecule has 0 heterocycles. The van der Waals surface area contributed by atoms with Crippen LogP contribution >= 0.6 is 0 Å². The highest BCUT2D eigenvalue weighted by molar-refractivity contribution is 5.97. The van der Waals surface area contributed by atoms with E-state index in [1.54, 1.807) is 6.08 Å². The van der Waals surface area contributed by atoms with Crippen LogP contribution in [-0.2, 0) is 4.79 Å². The summed E-state index contributed by atoms with van der Waals surface area (Å²) in [5.74, 6) is 1.09. The summed E-state index contributed by atoms with van der Waals surface area (Å²) in [6.45, 7) is 0. The number of ketones is 1. The highest BCUT2D eigenvalue weighted by Crippen LogP contribution is 2.37. The number of carbonyl (C=O) groups excluding carboxylic acids is 1. The van der Waals surface area contributed by atoms with Crippen molar-refractivity contribution in [2.45, 2.75) is 25.7 Å². The number of likely N-dealkylation sites (N-methyl/N-ethyl adjacent to an activating group) is 1. The van der Waals surface area contributed by atoms with E-state index in [0.717, 1.165) is 30.5 Å². The second-order valence-electron chi connectivity index (χ2n) is 4.53. The smallest absolute Gasteiger partial charge is 0.179 e. The van der Waals surface area contributed by atoms with Crippen LogP contribution in [0.2, 0.25) is 0 Å². The van der Waals surface area contributed by atoms with E-state index in [4.69, 9.17) is 0 Å². The third-order valence-electron chi connectivity index (χ3n) is 3.22. The molecule has 0 amide bonds. The number of hydrogen-bond donors (Lipinski definition) is 1. The zero-order valence-corrected chi connectivity index (χ0v) is 9.29. The highest BCUT2D eigenvalue weighted by atomic mass is 16.3. The fourth-order valence-corrected chi connectivity index (χ4v) is 2.50. The largest absolute Gasteiger partial charge is 0.512 e. The van der Waals surface area contributed by atoms with Crippen molar-refractivity contribution in [1.82, 2.24) is 4.90 Å². The number of allylic oxidation sites excluding steroid dienone is 4. The third-order valence-corrected chi connectivity index (χ3v) is 3.22. The first-order chi connectivity index (χ1) is 7.09. The van der Waals surface area contributed by atoms with Crippen LogP contribution in [0.15, 0.2) is 23.1 Å². The Morgan fingerprint density at radius 1 is 1.33 bits per heavy atom. The van der Waals surface area contributed by atoms with Gasteiger partial charge in [-0.25, -0.2) is 0 Å². The maximum Gasteiger partial charge on any atom is 0.179 e. The third kappa shape index (κ3) is 1.78. The molecule has 0 aliphatic heterocycles. The molecular formula is C12H17NO2. The Labute approximate surface area is 90.1 Å². The van der Waals surface area contributed by atoms with E-state index in [-0.39, 0.29) is 5.78 Å². The maximum atomic E-state index is 11.8. The average molecular weight is 207 g/mol. The van der Waals surface area contributed by atoms with Gasteiger partial charge in [-0.1, -0.05) is 0 Å². The lowest BCUT2D eigenvalue weighted by Crippen LogP contribution is -2.29. The molecular weight excluding hydrogens is 190 g/mol. The molecule has 3 nitrogen and oxygen atoms in total. The van der Waals surface area contributed by atoms with E-state index in [1.165, 1.54) is 0 Å². The van der Waals surface area contributed by atoms with Gasteiger partial charge in [0.1, 0.15) is 0 Å². The predicted molar refractivity (Wildman–Crippen MR) is 58.4 cm³/mol. The summed E-state index contributed by atoms with van der Waals surface area (Å²) in [5, 5.41) is 9.53. The number of hydrogen-bond acceptors (Lipinski definition) is 3. The monoisotopic (exact) mass is 207 g/mol. The molecule has 3 heteroatoms. The molecule has 0 aromatic carbocycles. The Bertz CT molecular complexity index is 353. The fourth-order valence-electron chi connectivity index (χ4n) is 2.50. The van der Waals surface area contributed by atoms with Gasteiger partial charge in [0, 0.05) is 26.9 Å². The van der Waals surface area contributed by atoms with Gasteiger partial charge in [0.05, 0.1) is 11.5 Å². The number of aliphatic hydroxyl groups is 1. The summed E-state index contributed by atoms with van der Waals surface area (Å²) >= 11 is 0. The first-order valence-electron chi connectivity index (χ1n) is 5.44. The second kappa shape index (κ2) is 3.72. The predicted octanol–water partition coefficient (Wildman–Crippen LogP) is 2.02. The number of rotatable bonds is 1. The van der Waals surface area contributed by atoms with Gasteiger partial charge in [-0.15, -0.1) is 0 Å². The molecule has 2 aliphatic rings. The SMILES string of the molecule is CN(C)C1=C2C=C(O)CCC2CCC1=O. The molecule has 0 aromatic heterocycles. The molecule has 82 valence electrons. The first-order valence-corrected chi connectivity index (χ1v) is 5.44. The molecule has 2 rings (SSSR count). The van der Waals surface area contributed by atoms with Gasteiger partial charge in [-0.05, 0) is 30.4 Å². The zero-order chi connectivity index (χ0) is 11.0. The molecule has 1 unspecified atom stereocenters.